The molecule has 1 amide bonds. The Morgan fingerprint density at radius 2 is 2.27 bits per heavy atom. The molecule has 0 radical (unpaired) electrons. The predicted molar refractivity (Wildman–Crippen MR) is 57.5 cm³/mol. The second-order valence-electron chi connectivity index (χ2n) is 2.80. The lowest BCUT2D eigenvalue weighted by Crippen LogP contribution is -2.08. The number of hydrogen-bond acceptors (Lipinski definition) is 2. The van der Waals surface area contributed by atoms with Gasteiger partial charge in [-0.15, -0.1) is 0 Å². The van der Waals surface area contributed by atoms with Crippen molar-refractivity contribution in [2.24, 2.45) is 5.73 Å². The van der Waals surface area contributed by atoms with Crippen molar-refractivity contribution in [1.29, 1.82) is 0 Å². The molecule has 0 saturated carbocycles. The van der Waals surface area contributed by atoms with Crippen molar-refractivity contribution in [1.82, 2.24) is 0 Å². The lowest BCUT2D eigenvalue weighted by Gasteiger charge is -1.95. The minimum absolute atomic E-state index is 0.00817. The molecule has 0 atom stereocenters. The van der Waals surface area contributed by atoms with Gasteiger partial charge in [-0.3, -0.25) is 9.59 Å². The second kappa shape index (κ2) is 5.18. The Bertz CT molecular complexity index is 457. The molecule has 2 N–H and O–H groups in total. The lowest BCUT2D eigenvalue weighted by molar-refractivity contribution is -0.117. The summed E-state index contributed by atoms with van der Waals surface area (Å²) >= 11 is 5.85. The van der Waals surface area contributed by atoms with Gasteiger partial charge in [0, 0.05) is 11.1 Å². The first-order valence-corrected chi connectivity index (χ1v) is 4.53. The smallest absolute Gasteiger partial charge is 0.229 e. The van der Waals surface area contributed by atoms with Crippen LogP contribution < -0.4 is 5.73 Å². The van der Waals surface area contributed by atoms with Gasteiger partial charge in [0.15, 0.2) is 0 Å². The van der Waals surface area contributed by atoms with E-state index >= 15 is 0 Å². The molecule has 0 spiro atoms. The molecule has 15 heavy (non-hydrogen) atoms. The van der Waals surface area contributed by atoms with E-state index in [0.29, 0.717) is 22.4 Å². The quantitative estimate of drug-likeness (QED) is 0.606. The fourth-order valence-electron chi connectivity index (χ4n) is 0.933. The highest BCUT2D eigenvalue weighted by molar-refractivity contribution is 6.32. The average molecular weight is 222 g/mol. The zero-order valence-corrected chi connectivity index (χ0v) is 8.54. The molecule has 0 heterocycles. The molecule has 0 unspecified atom stereocenters. The van der Waals surface area contributed by atoms with E-state index < -0.39 is 5.91 Å². The van der Waals surface area contributed by atoms with E-state index in [0.717, 1.165) is 0 Å². The number of carbonyl (C=O) groups is 2. The standard InChI is InChI=1S/C11H8ClNO2/c12-10-6-8(7-14)4-5-9(10)2-1-3-11(13)15/h4-7H,3H2,(H2,13,15). The number of amides is 1. The van der Waals surface area contributed by atoms with Crippen molar-refractivity contribution in [3.63, 3.8) is 0 Å². The summed E-state index contributed by atoms with van der Waals surface area (Å²) in [5, 5.41) is 0.386. The average Bonchev–Trinajstić information content (AvgIpc) is 2.20. The molecule has 1 aromatic carbocycles. The van der Waals surface area contributed by atoms with Crippen LogP contribution in [-0.2, 0) is 4.79 Å². The molecule has 0 saturated heterocycles. The van der Waals surface area contributed by atoms with E-state index in [1.807, 2.05) is 0 Å². The van der Waals surface area contributed by atoms with Gasteiger partial charge in [-0.1, -0.05) is 29.5 Å². The molecule has 1 aromatic rings. The Balaban J connectivity index is 2.90. The molecule has 4 heteroatoms. The number of nitrogens with two attached hydrogens (primary N) is 1. The zero-order valence-electron chi connectivity index (χ0n) is 7.79. The van der Waals surface area contributed by atoms with E-state index in [1.165, 1.54) is 6.07 Å². The second-order valence-corrected chi connectivity index (χ2v) is 3.21. The summed E-state index contributed by atoms with van der Waals surface area (Å²) < 4.78 is 0. The van der Waals surface area contributed by atoms with Crippen LogP contribution in [0.2, 0.25) is 5.02 Å². The Hall–Kier alpha value is -1.79. The SMILES string of the molecule is NC(=O)CC#Cc1ccc(C=O)cc1Cl. The molecule has 1 rings (SSSR count). The molecule has 0 fully saturated rings. The largest absolute Gasteiger partial charge is 0.369 e. The molecule has 76 valence electrons. The number of carbonyl (C=O) groups excluding carboxylic acids is 2. The van der Waals surface area contributed by atoms with Crippen LogP contribution in [0.1, 0.15) is 22.3 Å². The Kier molecular flexibility index (Phi) is 3.90. The predicted octanol–water partition coefficient (Wildman–Crippen LogP) is 1.38. The van der Waals surface area contributed by atoms with Gasteiger partial charge in [0.2, 0.25) is 5.91 Å². The van der Waals surface area contributed by atoms with Crippen molar-refractivity contribution in [3.8, 4) is 11.8 Å². The zero-order chi connectivity index (χ0) is 11.3. The molecular weight excluding hydrogens is 214 g/mol. The Labute approximate surface area is 92.2 Å². The number of aldehydes is 1. The first kappa shape index (κ1) is 11.3. The minimum atomic E-state index is -0.483. The van der Waals surface area contributed by atoms with Gasteiger partial charge in [-0.05, 0) is 12.1 Å². The summed E-state index contributed by atoms with van der Waals surface area (Å²) in [5.74, 6) is 4.80. The van der Waals surface area contributed by atoms with Crippen LogP contribution in [0, 0.1) is 11.8 Å². The van der Waals surface area contributed by atoms with Crippen molar-refractivity contribution in [3.05, 3.63) is 34.3 Å². The maximum atomic E-state index is 10.4. The fourth-order valence-corrected chi connectivity index (χ4v) is 1.17. The maximum absolute atomic E-state index is 10.4. The van der Waals surface area contributed by atoms with E-state index in [4.69, 9.17) is 17.3 Å². The van der Waals surface area contributed by atoms with Crippen LogP contribution in [0.4, 0.5) is 0 Å². The van der Waals surface area contributed by atoms with Crippen LogP contribution >= 0.6 is 11.6 Å². The van der Waals surface area contributed by atoms with E-state index in [-0.39, 0.29) is 6.42 Å². The third-order valence-corrected chi connectivity index (χ3v) is 1.93. The minimum Gasteiger partial charge on any atom is -0.369 e. The maximum Gasteiger partial charge on any atom is 0.229 e. The van der Waals surface area contributed by atoms with Gasteiger partial charge in [0.25, 0.3) is 0 Å². The third kappa shape index (κ3) is 3.45. The highest BCUT2D eigenvalue weighted by Gasteiger charge is 1.98. The first-order chi connectivity index (χ1) is 7.13. The normalized spacial score (nSPS) is 8.87. The van der Waals surface area contributed by atoms with Crippen LogP contribution in [0.25, 0.3) is 0 Å². The number of halogens is 1. The van der Waals surface area contributed by atoms with Gasteiger partial charge in [0.1, 0.15) is 6.29 Å². The van der Waals surface area contributed by atoms with Gasteiger partial charge in [-0.25, -0.2) is 0 Å². The van der Waals surface area contributed by atoms with E-state index in [2.05, 4.69) is 11.8 Å². The Morgan fingerprint density at radius 3 is 2.80 bits per heavy atom. The number of rotatable bonds is 2. The van der Waals surface area contributed by atoms with Crippen LogP contribution in [0.3, 0.4) is 0 Å². The van der Waals surface area contributed by atoms with Gasteiger partial charge < -0.3 is 5.73 Å². The molecular formula is C11H8ClNO2. The molecule has 3 nitrogen and oxygen atoms in total. The molecule has 0 aliphatic heterocycles. The summed E-state index contributed by atoms with van der Waals surface area (Å²) in [6.45, 7) is 0. The topological polar surface area (TPSA) is 60.2 Å². The van der Waals surface area contributed by atoms with Gasteiger partial charge in [-0.2, -0.15) is 0 Å². The summed E-state index contributed by atoms with van der Waals surface area (Å²) in [6.07, 6.45) is 0.693. The summed E-state index contributed by atoms with van der Waals surface area (Å²) in [4.78, 5) is 20.8. The third-order valence-electron chi connectivity index (χ3n) is 1.61. The lowest BCUT2D eigenvalue weighted by atomic mass is 10.1. The van der Waals surface area contributed by atoms with Crippen LogP contribution in [0.15, 0.2) is 18.2 Å². The highest BCUT2D eigenvalue weighted by atomic mass is 35.5. The first-order valence-electron chi connectivity index (χ1n) is 4.15. The van der Waals surface area contributed by atoms with E-state index in [1.54, 1.807) is 12.1 Å². The highest BCUT2D eigenvalue weighted by Crippen LogP contribution is 2.15. The molecule has 0 bridgehead atoms. The van der Waals surface area contributed by atoms with Crippen molar-refractivity contribution >= 4 is 23.8 Å². The van der Waals surface area contributed by atoms with Crippen molar-refractivity contribution < 1.29 is 9.59 Å². The monoisotopic (exact) mass is 221 g/mol. The van der Waals surface area contributed by atoms with Crippen LogP contribution in [0.5, 0.6) is 0 Å². The summed E-state index contributed by atoms with van der Waals surface area (Å²) in [7, 11) is 0. The molecule has 0 aromatic heterocycles. The van der Waals surface area contributed by atoms with Gasteiger partial charge >= 0.3 is 0 Å². The number of benzene rings is 1. The summed E-state index contributed by atoms with van der Waals surface area (Å²) in [5.41, 5.74) is 5.98. The molecule has 0 aliphatic carbocycles. The Morgan fingerprint density at radius 1 is 1.53 bits per heavy atom. The molecule has 0 aliphatic rings. The number of primary amides is 1. The van der Waals surface area contributed by atoms with Crippen molar-refractivity contribution in [2.45, 2.75) is 6.42 Å². The van der Waals surface area contributed by atoms with Crippen LogP contribution in [-0.4, -0.2) is 12.2 Å². The van der Waals surface area contributed by atoms with Crippen molar-refractivity contribution in [2.75, 3.05) is 0 Å². The van der Waals surface area contributed by atoms with E-state index in [9.17, 15) is 9.59 Å². The number of hydrogen-bond donors (Lipinski definition) is 1. The summed E-state index contributed by atoms with van der Waals surface area (Å²) in [6, 6.07) is 4.75. The van der Waals surface area contributed by atoms with Gasteiger partial charge in [0.05, 0.1) is 11.4 Å². The fraction of sp³-hybridized carbons (Fsp3) is 0.0909.